The number of ether oxygens (including phenoxy) is 1. The van der Waals surface area contributed by atoms with Gasteiger partial charge in [-0.25, -0.2) is 0 Å². The second-order valence-electron chi connectivity index (χ2n) is 2.34. The molecule has 0 aliphatic carbocycles. The lowest BCUT2D eigenvalue weighted by molar-refractivity contribution is 0.413. The Labute approximate surface area is 75.9 Å². The first kappa shape index (κ1) is 9.82. The molecule has 0 saturated carbocycles. The van der Waals surface area contributed by atoms with Crippen molar-refractivity contribution in [3.63, 3.8) is 0 Å². The molecule has 0 atom stereocenters. The van der Waals surface area contributed by atoms with E-state index in [2.05, 4.69) is 0 Å². The average Bonchev–Trinajstić information content (AvgIpc) is 2.03. The van der Waals surface area contributed by atoms with Crippen molar-refractivity contribution < 1.29 is 17.7 Å². The average molecular weight is 202 g/mol. The third-order valence-electron chi connectivity index (χ3n) is 1.47. The summed E-state index contributed by atoms with van der Waals surface area (Å²) in [7, 11) is -2.89. The predicted molar refractivity (Wildman–Crippen MR) is 45.6 cm³/mol. The van der Waals surface area contributed by atoms with E-state index >= 15 is 0 Å². The van der Waals surface area contributed by atoms with Crippen LogP contribution in [-0.2, 0) is 10.1 Å². The lowest BCUT2D eigenvalue weighted by Gasteiger charge is -2.04. The molecule has 0 unspecified atom stereocenters. The van der Waals surface area contributed by atoms with Crippen LogP contribution in [0.25, 0.3) is 0 Å². The molecular formula is C7H8NO4S. The maximum absolute atomic E-state index is 10.7. The molecule has 0 saturated heterocycles. The molecule has 13 heavy (non-hydrogen) atoms. The van der Waals surface area contributed by atoms with Crippen LogP contribution in [0.1, 0.15) is 0 Å². The van der Waals surface area contributed by atoms with Gasteiger partial charge in [0, 0.05) is 6.07 Å². The van der Waals surface area contributed by atoms with Crippen molar-refractivity contribution in [3.8, 4) is 5.75 Å². The van der Waals surface area contributed by atoms with Crippen molar-refractivity contribution in [2.75, 3.05) is 7.11 Å². The van der Waals surface area contributed by atoms with Crippen LogP contribution in [0.4, 0.5) is 5.69 Å². The molecule has 1 radical (unpaired) electrons. The van der Waals surface area contributed by atoms with Crippen molar-refractivity contribution in [3.05, 3.63) is 18.2 Å². The number of nitrogens with one attached hydrogen (secondary N) is 1. The van der Waals surface area contributed by atoms with Crippen LogP contribution in [0.2, 0.25) is 0 Å². The highest BCUT2D eigenvalue weighted by atomic mass is 32.2. The Hall–Kier alpha value is -1.27. The number of rotatable bonds is 2. The van der Waals surface area contributed by atoms with Crippen LogP contribution >= 0.6 is 0 Å². The summed E-state index contributed by atoms with van der Waals surface area (Å²) in [6.45, 7) is 0. The number of hydrogen-bond acceptors (Lipinski definition) is 3. The van der Waals surface area contributed by atoms with E-state index in [-0.39, 0.29) is 16.3 Å². The van der Waals surface area contributed by atoms with Crippen LogP contribution in [0.3, 0.4) is 0 Å². The summed E-state index contributed by atoms with van der Waals surface area (Å²) in [4.78, 5) is -0.277. The summed E-state index contributed by atoms with van der Waals surface area (Å²) >= 11 is 0. The molecule has 5 nitrogen and oxygen atoms in total. The first-order valence-electron chi connectivity index (χ1n) is 3.32. The maximum atomic E-state index is 10.7. The Morgan fingerprint density at radius 3 is 2.54 bits per heavy atom. The summed E-state index contributed by atoms with van der Waals surface area (Å²) in [5, 5.41) is 0. The van der Waals surface area contributed by atoms with E-state index < -0.39 is 10.1 Å². The third-order valence-corrected chi connectivity index (χ3v) is 2.32. The normalized spacial score (nSPS) is 11.2. The molecule has 2 N–H and O–H groups in total. The number of hydrogen-bond donors (Lipinski definition) is 1. The minimum atomic E-state index is -4.22. The molecule has 0 spiro atoms. The fourth-order valence-electron chi connectivity index (χ4n) is 0.832. The second kappa shape index (κ2) is 3.23. The van der Waals surface area contributed by atoms with Gasteiger partial charge >= 0.3 is 0 Å². The Morgan fingerprint density at radius 2 is 2.08 bits per heavy atom. The van der Waals surface area contributed by atoms with Gasteiger partial charge in [0.1, 0.15) is 5.75 Å². The minimum Gasteiger partial charge on any atom is -0.494 e. The summed E-state index contributed by atoms with van der Waals surface area (Å²) in [5.41, 5.74) is 7.34. The molecule has 0 fully saturated rings. The standard InChI is InChI=1S/C7H8NO4S/c1-12-7-4-5(13(9,10)11)2-3-6(7)8/h2-4,8H,1H3,(H,9,10,11). The van der Waals surface area contributed by atoms with Crippen LogP contribution in [0, 0.1) is 0 Å². The van der Waals surface area contributed by atoms with Crippen molar-refractivity contribution in [2.24, 2.45) is 0 Å². The lowest BCUT2D eigenvalue weighted by atomic mass is 10.3. The zero-order valence-electron chi connectivity index (χ0n) is 6.81. The Morgan fingerprint density at radius 1 is 1.46 bits per heavy atom. The molecule has 0 aliphatic rings. The molecule has 0 aromatic heterocycles. The van der Waals surface area contributed by atoms with E-state index in [1.165, 1.54) is 13.2 Å². The lowest BCUT2D eigenvalue weighted by Crippen LogP contribution is -1.98. The van der Waals surface area contributed by atoms with Gasteiger partial charge in [-0.1, -0.05) is 0 Å². The molecule has 1 aromatic rings. The van der Waals surface area contributed by atoms with Crippen LogP contribution in [-0.4, -0.2) is 20.1 Å². The smallest absolute Gasteiger partial charge is 0.294 e. The zero-order chi connectivity index (χ0) is 10.1. The summed E-state index contributed by atoms with van der Waals surface area (Å²) in [6.07, 6.45) is 0. The monoisotopic (exact) mass is 202 g/mol. The van der Waals surface area contributed by atoms with Gasteiger partial charge in [0.15, 0.2) is 0 Å². The molecular weight excluding hydrogens is 194 g/mol. The van der Waals surface area contributed by atoms with Crippen LogP contribution in [0.5, 0.6) is 5.75 Å². The van der Waals surface area contributed by atoms with Gasteiger partial charge in [-0.2, -0.15) is 8.42 Å². The van der Waals surface area contributed by atoms with Gasteiger partial charge in [0.2, 0.25) is 0 Å². The molecule has 0 bridgehead atoms. The molecule has 71 valence electrons. The van der Waals surface area contributed by atoms with E-state index in [1.54, 1.807) is 0 Å². The molecule has 0 amide bonds. The molecule has 6 heteroatoms. The Kier molecular flexibility index (Phi) is 2.44. The SMILES string of the molecule is COc1cc(S(=O)(=O)O)ccc1[NH]. The molecule has 1 rings (SSSR count). The van der Waals surface area contributed by atoms with E-state index in [0.717, 1.165) is 12.1 Å². The highest BCUT2D eigenvalue weighted by molar-refractivity contribution is 7.85. The van der Waals surface area contributed by atoms with Gasteiger partial charge in [0.05, 0.1) is 17.7 Å². The largest absolute Gasteiger partial charge is 0.494 e. The molecule has 1 aromatic carbocycles. The van der Waals surface area contributed by atoms with Crippen LogP contribution < -0.4 is 10.5 Å². The summed E-state index contributed by atoms with van der Waals surface area (Å²) in [5.74, 6) is 0.107. The highest BCUT2D eigenvalue weighted by Crippen LogP contribution is 2.25. The molecule has 0 heterocycles. The van der Waals surface area contributed by atoms with Gasteiger partial charge in [0.25, 0.3) is 10.1 Å². The van der Waals surface area contributed by atoms with E-state index in [9.17, 15) is 8.42 Å². The van der Waals surface area contributed by atoms with Crippen molar-refractivity contribution in [2.45, 2.75) is 4.90 Å². The highest BCUT2D eigenvalue weighted by Gasteiger charge is 2.11. The minimum absolute atomic E-state index is 0.0647. The Bertz CT molecular complexity index is 413. The van der Waals surface area contributed by atoms with Crippen molar-refractivity contribution >= 4 is 15.8 Å². The molecule has 0 aliphatic heterocycles. The van der Waals surface area contributed by atoms with Gasteiger partial charge in [-0.3, -0.25) is 10.3 Å². The zero-order valence-corrected chi connectivity index (χ0v) is 7.63. The van der Waals surface area contributed by atoms with Crippen molar-refractivity contribution in [1.82, 2.24) is 5.73 Å². The predicted octanol–water partition coefficient (Wildman–Crippen LogP) is 0.856. The number of methoxy groups -OCH3 is 1. The van der Waals surface area contributed by atoms with E-state index in [0.29, 0.717) is 0 Å². The number of benzene rings is 1. The van der Waals surface area contributed by atoms with Gasteiger partial charge < -0.3 is 4.74 Å². The Balaban J connectivity index is 3.30. The van der Waals surface area contributed by atoms with Gasteiger partial charge in [-0.05, 0) is 12.1 Å². The topological polar surface area (TPSA) is 87.4 Å². The quantitative estimate of drug-likeness (QED) is 0.720. The fourth-order valence-corrected chi connectivity index (χ4v) is 1.33. The van der Waals surface area contributed by atoms with Gasteiger partial charge in [-0.15, -0.1) is 0 Å². The van der Waals surface area contributed by atoms with Crippen LogP contribution in [0.15, 0.2) is 23.1 Å². The van der Waals surface area contributed by atoms with E-state index in [1.807, 2.05) is 0 Å². The summed E-state index contributed by atoms with van der Waals surface area (Å²) < 4.78 is 34.7. The second-order valence-corrected chi connectivity index (χ2v) is 3.76. The maximum Gasteiger partial charge on any atom is 0.294 e. The fraction of sp³-hybridized carbons (Fsp3) is 0.143. The first-order valence-corrected chi connectivity index (χ1v) is 4.76. The van der Waals surface area contributed by atoms with Crippen molar-refractivity contribution in [1.29, 1.82) is 0 Å². The first-order chi connectivity index (χ1) is 5.95. The summed E-state index contributed by atoms with van der Waals surface area (Å²) in [6, 6.07) is 3.47. The third kappa shape index (κ3) is 2.10. The van der Waals surface area contributed by atoms with E-state index in [4.69, 9.17) is 15.0 Å².